The summed E-state index contributed by atoms with van der Waals surface area (Å²) >= 11 is 1.15. The number of carboxylic acid groups (broad SMARTS) is 1. The number of aromatic nitrogens is 1. The number of nitrogen functional groups attached to an aromatic ring is 1. The Morgan fingerprint density at radius 1 is 1.44 bits per heavy atom. The van der Waals surface area contributed by atoms with Crippen LogP contribution in [0.2, 0.25) is 0 Å². The fourth-order valence-electron chi connectivity index (χ4n) is 2.17. The van der Waals surface area contributed by atoms with Gasteiger partial charge in [-0.25, -0.2) is 9.78 Å². The van der Waals surface area contributed by atoms with Crippen molar-refractivity contribution in [3.63, 3.8) is 0 Å². The highest BCUT2D eigenvalue weighted by atomic mass is 32.1. The third kappa shape index (κ3) is 7.80. The molecule has 25 heavy (non-hydrogen) atoms. The minimum Gasteiger partial charge on any atom is -0.476 e. The van der Waals surface area contributed by atoms with E-state index in [1.54, 1.807) is 0 Å². The number of ether oxygens (including phenoxy) is 1. The predicted octanol–water partition coefficient (Wildman–Crippen LogP) is 2.41. The maximum absolute atomic E-state index is 11.1. The highest BCUT2D eigenvalue weighted by Crippen LogP contribution is 2.16. The lowest BCUT2D eigenvalue weighted by atomic mass is 10.2. The number of anilines is 1. The number of nitrogens with two attached hydrogens (primary N) is 1. The summed E-state index contributed by atoms with van der Waals surface area (Å²) in [5, 5.41) is 14.5. The Labute approximate surface area is 152 Å². The highest BCUT2D eigenvalue weighted by molar-refractivity contribution is 7.13. The monoisotopic (exact) mass is 372 g/mol. The quantitative estimate of drug-likeness (QED) is 0.558. The topological polar surface area (TPSA) is 110 Å². The summed E-state index contributed by atoms with van der Waals surface area (Å²) in [5.74, 6) is -1.21. The summed E-state index contributed by atoms with van der Waals surface area (Å²) in [7, 11) is 0. The summed E-state index contributed by atoms with van der Waals surface area (Å²) < 4.78 is 5.28. The minimum atomic E-state index is -1.21. The van der Waals surface area contributed by atoms with Crippen molar-refractivity contribution < 1.29 is 19.5 Å². The summed E-state index contributed by atoms with van der Waals surface area (Å²) in [5.41, 5.74) is 5.38. The van der Waals surface area contributed by atoms with Gasteiger partial charge in [-0.05, 0) is 32.5 Å². The molecule has 9 heteroatoms. The van der Waals surface area contributed by atoms with Gasteiger partial charge in [0.15, 0.2) is 5.13 Å². The van der Waals surface area contributed by atoms with Crippen molar-refractivity contribution in [2.24, 2.45) is 5.16 Å². The zero-order chi connectivity index (χ0) is 18.7. The Balaban J connectivity index is 0.000000381. The molecule has 0 saturated carbocycles. The third-order valence-electron chi connectivity index (χ3n) is 3.71. The first-order chi connectivity index (χ1) is 12.0. The van der Waals surface area contributed by atoms with Gasteiger partial charge in [0.25, 0.3) is 0 Å². The molecule has 2 rings (SSSR count). The van der Waals surface area contributed by atoms with Crippen LogP contribution in [0, 0.1) is 0 Å². The number of oxime groups is 1. The first-order valence-electron chi connectivity index (χ1n) is 8.54. The molecule has 0 spiro atoms. The van der Waals surface area contributed by atoms with E-state index in [-0.39, 0.29) is 16.5 Å². The Bertz CT molecular complexity index is 534. The van der Waals surface area contributed by atoms with Crippen molar-refractivity contribution in [3.8, 4) is 0 Å². The first-order valence-corrected chi connectivity index (χ1v) is 9.42. The fourth-order valence-corrected chi connectivity index (χ4v) is 2.72. The number of thiazole rings is 1. The fraction of sp³-hybridized carbons (Fsp3) is 0.688. The number of carbonyl (C=O) groups is 1. The summed E-state index contributed by atoms with van der Waals surface area (Å²) in [4.78, 5) is 22.4. The molecule has 1 aromatic heterocycles. The largest absolute Gasteiger partial charge is 0.476 e. The molecule has 1 aromatic rings. The zero-order valence-electron chi connectivity index (χ0n) is 15.1. The van der Waals surface area contributed by atoms with Crippen LogP contribution in [0.25, 0.3) is 0 Å². The van der Waals surface area contributed by atoms with E-state index < -0.39 is 12.3 Å². The van der Waals surface area contributed by atoms with E-state index in [1.165, 1.54) is 25.0 Å². The smallest absolute Gasteiger partial charge is 0.360 e. The second-order valence-corrected chi connectivity index (χ2v) is 6.23. The van der Waals surface area contributed by atoms with Gasteiger partial charge in [-0.15, -0.1) is 11.3 Å². The zero-order valence-corrected chi connectivity index (χ0v) is 15.9. The predicted molar refractivity (Wildman–Crippen MR) is 98.8 cm³/mol. The number of carboxylic acids is 1. The lowest BCUT2D eigenvalue weighted by molar-refractivity contribution is -0.162. The molecular weight excluding hydrogens is 344 g/mol. The summed E-state index contributed by atoms with van der Waals surface area (Å²) in [6.07, 6.45) is 2.18. The van der Waals surface area contributed by atoms with Crippen LogP contribution in [-0.2, 0) is 14.4 Å². The number of hydrogen-bond acceptors (Lipinski definition) is 8. The Morgan fingerprint density at radius 2 is 2.12 bits per heavy atom. The third-order valence-corrected chi connectivity index (χ3v) is 4.38. The molecule has 1 unspecified atom stereocenters. The van der Waals surface area contributed by atoms with Crippen LogP contribution >= 0.6 is 11.3 Å². The van der Waals surface area contributed by atoms with Gasteiger partial charge in [-0.2, -0.15) is 0 Å². The van der Waals surface area contributed by atoms with Gasteiger partial charge in [-0.1, -0.05) is 25.9 Å². The highest BCUT2D eigenvalue weighted by Gasteiger charge is 2.20. The van der Waals surface area contributed by atoms with E-state index in [2.05, 4.69) is 35.8 Å². The van der Waals surface area contributed by atoms with Crippen LogP contribution in [0.4, 0.5) is 5.13 Å². The molecule has 0 aliphatic carbocycles. The summed E-state index contributed by atoms with van der Waals surface area (Å²) in [6.45, 7) is 10.7. The molecule has 142 valence electrons. The van der Waals surface area contributed by atoms with Gasteiger partial charge in [0.1, 0.15) is 5.69 Å². The number of hydrogen-bond donors (Lipinski definition) is 2. The molecule has 8 nitrogen and oxygen atoms in total. The van der Waals surface area contributed by atoms with E-state index in [4.69, 9.17) is 20.4 Å². The number of nitrogens with zero attached hydrogens (tertiary/aromatic N) is 3. The van der Waals surface area contributed by atoms with Gasteiger partial charge >= 0.3 is 5.97 Å². The maximum Gasteiger partial charge on any atom is 0.360 e. The van der Waals surface area contributed by atoms with Crippen molar-refractivity contribution in [2.75, 3.05) is 32.0 Å². The lowest BCUT2D eigenvalue weighted by Crippen LogP contribution is -2.23. The molecule has 3 N–H and O–H groups in total. The van der Waals surface area contributed by atoms with E-state index in [9.17, 15) is 4.79 Å². The van der Waals surface area contributed by atoms with E-state index in [0.717, 1.165) is 24.2 Å². The molecule has 1 saturated heterocycles. The van der Waals surface area contributed by atoms with Crippen molar-refractivity contribution in [2.45, 2.75) is 46.3 Å². The molecular formula is C16H28N4O4S. The van der Waals surface area contributed by atoms with Crippen molar-refractivity contribution in [1.29, 1.82) is 0 Å². The Kier molecular flexibility index (Phi) is 10.0. The van der Waals surface area contributed by atoms with Crippen molar-refractivity contribution >= 4 is 28.1 Å². The maximum atomic E-state index is 11.1. The van der Waals surface area contributed by atoms with Gasteiger partial charge < -0.3 is 25.3 Å². The van der Waals surface area contributed by atoms with Crippen LogP contribution in [-0.4, -0.2) is 59.2 Å². The average molecular weight is 372 g/mol. The van der Waals surface area contributed by atoms with E-state index >= 15 is 0 Å². The minimum absolute atomic E-state index is 0.195. The van der Waals surface area contributed by atoms with Crippen LogP contribution in [0.5, 0.6) is 0 Å². The van der Waals surface area contributed by atoms with Crippen molar-refractivity contribution in [1.82, 2.24) is 9.88 Å². The molecule has 2 heterocycles. The average Bonchev–Trinajstić information content (AvgIpc) is 3.04. The SMILES string of the molecule is CCN(CC)CC.Nc1nc(/C(=N/OC2CCCCO2)C(=O)O)cs1. The van der Waals surface area contributed by atoms with Gasteiger partial charge in [0.2, 0.25) is 12.0 Å². The molecule has 0 aromatic carbocycles. The second-order valence-electron chi connectivity index (χ2n) is 5.34. The Hall–Kier alpha value is -1.71. The molecule has 1 fully saturated rings. The standard InChI is InChI=1S/C10H13N3O4S.C6H15N/c11-10-12-6(5-18-10)8(9(14)15)13-17-7-3-1-2-4-16-7;1-4-7(5-2)6-3/h5,7H,1-4H2,(H2,11,12)(H,14,15);4-6H2,1-3H3/b13-8-;. The van der Waals surface area contributed by atoms with Crippen LogP contribution in [0.15, 0.2) is 10.5 Å². The van der Waals surface area contributed by atoms with Gasteiger partial charge in [0, 0.05) is 11.8 Å². The van der Waals surface area contributed by atoms with Crippen LogP contribution in [0.1, 0.15) is 45.7 Å². The second kappa shape index (κ2) is 11.8. The van der Waals surface area contributed by atoms with Crippen LogP contribution in [0.3, 0.4) is 0 Å². The molecule has 0 amide bonds. The van der Waals surface area contributed by atoms with Gasteiger partial charge in [-0.3, -0.25) is 0 Å². The number of rotatable bonds is 7. The first kappa shape index (κ1) is 21.3. The Morgan fingerprint density at radius 3 is 2.52 bits per heavy atom. The molecule has 1 atom stereocenters. The van der Waals surface area contributed by atoms with E-state index in [1.807, 2.05) is 0 Å². The van der Waals surface area contributed by atoms with Crippen molar-refractivity contribution in [3.05, 3.63) is 11.1 Å². The normalized spacial score (nSPS) is 17.8. The van der Waals surface area contributed by atoms with Gasteiger partial charge in [0.05, 0.1) is 6.61 Å². The molecule has 1 aliphatic heterocycles. The number of aliphatic carboxylic acids is 1. The molecule has 1 aliphatic rings. The summed E-state index contributed by atoms with van der Waals surface area (Å²) in [6, 6.07) is 0. The van der Waals surface area contributed by atoms with E-state index in [0.29, 0.717) is 13.0 Å². The molecule has 0 radical (unpaired) electrons. The van der Waals surface area contributed by atoms with Crippen LogP contribution < -0.4 is 5.73 Å². The lowest BCUT2D eigenvalue weighted by Gasteiger charge is -2.20. The molecule has 0 bridgehead atoms.